The number of phenols is 1. The van der Waals surface area contributed by atoms with Crippen molar-refractivity contribution in [2.75, 3.05) is 6.61 Å². The smallest absolute Gasteiger partial charge is 0.133 e. The van der Waals surface area contributed by atoms with Gasteiger partial charge in [-0.25, -0.2) is 4.39 Å². The van der Waals surface area contributed by atoms with E-state index in [1.165, 1.54) is 6.07 Å². The Hall–Kier alpha value is -0.610. The van der Waals surface area contributed by atoms with Crippen molar-refractivity contribution in [3.05, 3.63) is 27.5 Å². The normalized spacial score (nSPS) is 12.9. The molecule has 14 heavy (non-hydrogen) atoms. The molecule has 0 aliphatic carbocycles. The predicted molar refractivity (Wildman–Crippen MR) is 56.0 cm³/mol. The molecule has 0 radical (unpaired) electrons. The van der Waals surface area contributed by atoms with Crippen LogP contribution in [0, 0.1) is 12.7 Å². The van der Waals surface area contributed by atoms with Crippen molar-refractivity contribution < 1.29 is 14.6 Å². The predicted octanol–water partition coefficient (Wildman–Crippen LogP) is 2.70. The Kier molecular flexibility index (Phi) is 3.50. The molecule has 2 nitrogen and oxygen atoms in total. The average Bonchev–Trinajstić information content (AvgIpc) is 2.15. The summed E-state index contributed by atoms with van der Waals surface area (Å²) < 4.78 is 13.6. The van der Waals surface area contributed by atoms with Gasteiger partial charge in [0.1, 0.15) is 11.6 Å². The molecule has 0 amide bonds. The van der Waals surface area contributed by atoms with Crippen LogP contribution in [-0.4, -0.2) is 16.8 Å². The molecule has 0 saturated carbocycles. The standard InChI is InChI=1S/C10H12BrFO2/c1-5(4-13)9-6(2)8(12)3-7(11)10(9)14/h3,5,13-14H,4H2,1-2H3. The van der Waals surface area contributed by atoms with Gasteiger partial charge in [-0.2, -0.15) is 0 Å². The lowest BCUT2D eigenvalue weighted by Gasteiger charge is -2.15. The molecule has 1 atom stereocenters. The molecular formula is C10H12BrFO2. The van der Waals surface area contributed by atoms with Crippen molar-refractivity contribution in [2.24, 2.45) is 0 Å². The lowest BCUT2D eigenvalue weighted by atomic mass is 9.96. The topological polar surface area (TPSA) is 40.5 Å². The fourth-order valence-corrected chi connectivity index (χ4v) is 1.83. The third-order valence-electron chi connectivity index (χ3n) is 2.26. The fraction of sp³-hybridized carbons (Fsp3) is 0.400. The van der Waals surface area contributed by atoms with E-state index in [2.05, 4.69) is 15.9 Å². The number of halogens is 2. The molecule has 0 heterocycles. The summed E-state index contributed by atoms with van der Waals surface area (Å²) in [7, 11) is 0. The Bertz CT molecular complexity index is 326. The first-order valence-electron chi connectivity index (χ1n) is 4.27. The summed E-state index contributed by atoms with van der Waals surface area (Å²) in [4.78, 5) is 0. The number of benzene rings is 1. The maximum Gasteiger partial charge on any atom is 0.133 e. The maximum atomic E-state index is 13.3. The molecule has 1 aromatic carbocycles. The van der Waals surface area contributed by atoms with Gasteiger partial charge >= 0.3 is 0 Å². The van der Waals surface area contributed by atoms with Crippen molar-refractivity contribution >= 4 is 15.9 Å². The van der Waals surface area contributed by atoms with Gasteiger partial charge in [-0.15, -0.1) is 0 Å². The molecule has 0 aromatic heterocycles. The highest BCUT2D eigenvalue weighted by Gasteiger charge is 2.18. The third-order valence-corrected chi connectivity index (χ3v) is 2.87. The quantitative estimate of drug-likeness (QED) is 0.861. The van der Waals surface area contributed by atoms with Crippen molar-refractivity contribution in [1.82, 2.24) is 0 Å². The number of aromatic hydroxyl groups is 1. The molecule has 1 unspecified atom stereocenters. The van der Waals surface area contributed by atoms with Crippen LogP contribution in [0.4, 0.5) is 4.39 Å². The van der Waals surface area contributed by atoms with Gasteiger partial charge in [0.2, 0.25) is 0 Å². The molecule has 0 bridgehead atoms. The summed E-state index contributed by atoms with van der Waals surface area (Å²) in [5, 5.41) is 18.6. The monoisotopic (exact) mass is 262 g/mol. The fourth-order valence-electron chi connectivity index (χ4n) is 1.42. The van der Waals surface area contributed by atoms with E-state index in [0.29, 0.717) is 15.6 Å². The van der Waals surface area contributed by atoms with E-state index in [4.69, 9.17) is 5.11 Å². The molecule has 0 aliphatic rings. The first-order chi connectivity index (χ1) is 6.49. The summed E-state index contributed by atoms with van der Waals surface area (Å²) in [6.45, 7) is 3.20. The van der Waals surface area contributed by atoms with Crippen LogP contribution in [0.25, 0.3) is 0 Å². The van der Waals surface area contributed by atoms with Crippen LogP contribution in [0.5, 0.6) is 5.75 Å². The zero-order chi connectivity index (χ0) is 10.9. The van der Waals surface area contributed by atoms with Gasteiger partial charge in [0.15, 0.2) is 0 Å². The minimum Gasteiger partial charge on any atom is -0.506 e. The minimum atomic E-state index is -0.384. The lowest BCUT2D eigenvalue weighted by molar-refractivity contribution is 0.269. The van der Waals surface area contributed by atoms with E-state index in [9.17, 15) is 9.50 Å². The van der Waals surface area contributed by atoms with Crippen molar-refractivity contribution in [1.29, 1.82) is 0 Å². The van der Waals surface area contributed by atoms with Crippen LogP contribution < -0.4 is 0 Å². The Morgan fingerprint density at radius 1 is 1.57 bits per heavy atom. The molecule has 1 aromatic rings. The second kappa shape index (κ2) is 4.28. The molecule has 0 aliphatic heterocycles. The van der Waals surface area contributed by atoms with E-state index < -0.39 is 0 Å². The van der Waals surface area contributed by atoms with Crippen molar-refractivity contribution in [3.63, 3.8) is 0 Å². The highest BCUT2D eigenvalue weighted by atomic mass is 79.9. The van der Waals surface area contributed by atoms with Gasteiger partial charge in [0, 0.05) is 18.1 Å². The third kappa shape index (κ3) is 1.91. The van der Waals surface area contributed by atoms with Crippen LogP contribution in [-0.2, 0) is 0 Å². The zero-order valence-corrected chi connectivity index (χ0v) is 9.60. The van der Waals surface area contributed by atoms with Crippen molar-refractivity contribution in [3.8, 4) is 5.75 Å². The number of aliphatic hydroxyl groups excluding tert-OH is 1. The molecule has 0 spiro atoms. The lowest BCUT2D eigenvalue weighted by Crippen LogP contribution is -2.04. The van der Waals surface area contributed by atoms with Gasteiger partial charge in [-0.1, -0.05) is 6.92 Å². The highest BCUT2D eigenvalue weighted by molar-refractivity contribution is 9.10. The molecule has 0 fully saturated rings. The summed E-state index contributed by atoms with van der Waals surface area (Å²) in [5.74, 6) is -0.655. The highest BCUT2D eigenvalue weighted by Crippen LogP contribution is 2.36. The number of hydrogen-bond donors (Lipinski definition) is 2. The molecule has 0 saturated heterocycles. The summed E-state index contributed by atoms with van der Waals surface area (Å²) in [6, 6.07) is 1.22. The Labute approximate surface area is 90.5 Å². The van der Waals surface area contributed by atoms with E-state index in [1.807, 2.05) is 0 Å². The van der Waals surface area contributed by atoms with Crippen LogP contribution in [0.15, 0.2) is 10.5 Å². The van der Waals surface area contributed by atoms with Crippen LogP contribution in [0.1, 0.15) is 24.0 Å². The summed E-state index contributed by atoms with van der Waals surface area (Å²) in [6.07, 6.45) is 0. The van der Waals surface area contributed by atoms with Crippen molar-refractivity contribution in [2.45, 2.75) is 19.8 Å². The molecular weight excluding hydrogens is 251 g/mol. The summed E-state index contributed by atoms with van der Waals surface area (Å²) >= 11 is 3.06. The first-order valence-corrected chi connectivity index (χ1v) is 5.06. The van der Waals surface area contributed by atoms with E-state index >= 15 is 0 Å². The molecule has 2 N–H and O–H groups in total. The van der Waals surface area contributed by atoms with Gasteiger partial charge < -0.3 is 10.2 Å². The Balaban J connectivity index is 3.39. The second-order valence-electron chi connectivity index (χ2n) is 3.31. The van der Waals surface area contributed by atoms with Gasteiger partial charge in [-0.3, -0.25) is 0 Å². The minimum absolute atomic E-state index is 0.00505. The number of hydrogen-bond acceptors (Lipinski definition) is 2. The number of rotatable bonds is 2. The van der Waals surface area contributed by atoms with E-state index in [-0.39, 0.29) is 24.1 Å². The molecule has 1 rings (SSSR count). The Morgan fingerprint density at radius 2 is 2.14 bits per heavy atom. The first kappa shape index (κ1) is 11.5. The SMILES string of the molecule is Cc1c(F)cc(Br)c(O)c1C(C)CO. The van der Waals surface area contributed by atoms with Crippen LogP contribution >= 0.6 is 15.9 Å². The van der Waals surface area contributed by atoms with E-state index in [0.717, 1.165) is 0 Å². The zero-order valence-electron chi connectivity index (χ0n) is 8.01. The van der Waals surface area contributed by atoms with Crippen LogP contribution in [0.3, 0.4) is 0 Å². The Morgan fingerprint density at radius 3 is 2.64 bits per heavy atom. The second-order valence-corrected chi connectivity index (χ2v) is 4.17. The van der Waals surface area contributed by atoms with Gasteiger partial charge in [0.25, 0.3) is 0 Å². The average molecular weight is 263 g/mol. The van der Waals surface area contributed by atoms with Gasteiger partial charge in [0.05, 0.1) is 4.47 Å². The van der Waals surface area contributed by atoms with Gasteiger partial charge in [-0.05, 0) is 34.5 Å². The summed E-state index contributed by atoms with van der Waals surface area (Å²) in [5.41, 5.74) is 0.839. The van der Waals surface area contributed by atoms with Crippen LogP contribution in [0.2, 0.25) is 0 Å². The molecule has 78 valence electrons. The number of aliphatic hydroxyl groups is 1. The largest absolute Gasteiger partial charge is 0.506 e. The molecule has 4 heteroatoms. The number of phenolic OH excluding ortho intramolecular Hbond substituents is 1. The van der Waals surface area contributed by atoms with E-state index in [1.54, 1.807) is 13.8 Å². The maximum absolute atomic E-state index is 13.3.